The van der Waals surface area contributed by atoms with Gasteiger partial charge in [-0.2, -0.15) is 0 Å². The molecule has 4 rings (SSSR count). The predicted octanol–water partition coefficient (Wildman–Crippen LogP) is 4.19. The first-order chi connectivity index (χ1) is 13.1. The van der Waals surface area contributed by atoms with Crippen LogP contribution in [-0.2, 0) is 17.8 Å². The van der Waals surface area contributed by atoms with Crippen molar-refractivity contribution in [2.45, 2.75) is 13.0 Å². The first-order valence-corrected chi connectivity index (χ1v) is 8.78. The third-order valence-corrected chi connectivity index (χ3v) is 4.43. The number of amides is 1. The largest absolute Gasteiger partial charge is 0.484 e. The van der Waals surface area contributed by atoms with Gasteiger partial charge in [0.25, 0.3) is 0 Å². The fraction of sp³-hybridized carbons (Fsp3) is 0.182. The molecule has 0 aliphatic carbocycles. The van der Waals surface area contributed by atoms with Crippen LogP contribution in [0.15, 0.2) is 65.1 Å². The fourth-order valence-electron chi connectivity index (χ4n) is 2.93. The van der Waals surface area contributed by atoms with Gasteiger partial charge in [0, 0.05) is 14.1 Å². The smallest absolute Gasteiger partial charge is 0.233 e. The molecule has 0 spiro atoms. The van der Waals surface area contributed by atoms with Crippen LogP contribution in [0.1, 0.15) is 11.5 Å². The Labute approximate surface area is 157 Å². The quantitative estimate of drug-likeness (QED) is 0.535. The van der Waals surface area contributed by atoms with Gasteiger partial charge in [-0.05, 0) is 40.6 Å². The molecule has 3 aromatic carbocycles. The van der Waals surface area contributed by atoms with E-state index < -0.39 is 0 Å². The number of carbonyl (C=O) groups is 1. The number of benzene rings is 3. The topological polar surface area (TPSA) is 55.6 Å². The average Bonchev–Trinajstić information content (AvgIpc) is 3.09. The Morgan fingerprint density at radius 3 is 2.63 bits per heavy atom. The van der Waals surface area contributed by atoms with Crippen molar-refractivity contribution in [1.82, 2.24) is 9.88 Å². The van der Waals surface area contributed by atoms with E-state index in [-0.39, 0.29) is 12.5 Å². The number of oxazole rings is 1. The number of fused-ring (bicyclic) bond motifs is 2. The molecule has 0 saturated carbocycles. The number of hydrogen-bond acceptors (Lipinski definition) is 4. The standard InChI is InChI=1S/C22H20N2O3/c1-24(2)22(25)12-15-7-8-17-13-18(10-9-16(17)11-15)26-14-21-23-19-5-3-4-6-20(19)27-21/h3-11,13H,12,14H2,1-2H3. The van der Waals surface area contributed by atoms with Gasteiger partial charge in [0.05, 0.1) is 6.42 Å². The van der Waals surface area contributed by atoms with Crippen molar-refractivity contribution in [2.24, 2.45) is 0 Å². The summed E-state index contributed by atoms with van der Waals surface area (Å²) in [5, 5.41) is 2.14. The van der Waals surface area contributed by atoms with Gasteiger partial charge in [0.15, 0.2) is 12.2 Å². The van der Waals surface area contributed by atoms with Gasteiger partial charge in [-0.25, -0.2) is 4.98 Å². The third-order valence-electron chi connectivity index (χ3n) is 4.43. The molecule has 0 fully saturated rings. The van der Waals surface area contributed by atoms with Crippen LogP contribution >= 0.6 is 0 Å². The maximum Gasteiger partial charge on any atom is 0.233 e. The minimum Gasteiger partial charge on any atom is -0.484 e. The van der Waals surface area contributed by atoms with Gasteiger partial charge in [-0.3, -0.25) is 4.79 Å². The average molecular weight is 360 g/mol. The zero-order valence-corrected chi connectivity index (χ0v) is 15.3. The summed E-state index contributed by atoms with van der Waals surface area (Å²) in [6.07, 6.45) is 0.402. The number of hydrogen-bond donors (Lipinski definition) is 0. The second-order valence-corrected chi connectivity index (χ2v) is 6.67. The minimum absolute atomic E-state index is 0.0904. The second-order valence-electron chi connectivity index (χ2n) is 6.67. The number of nitrogens with zero attached hydrogens (tertiary/aromatic N) is 2. The van der Waals surface area contributed by atoms with Crippen LogP contribution in [0, 0.1) is 0 Å². The highest BCUT2D eigenvalue weighted by molar-refractivity contribution is 5.86. The van der Waals surface area contributed by atoms with E-state index in [4.69, 9.17) is 9.15 Å². The Bertz CT molecular complexity index is 1080. The van der Waals surface area contributed by atoms with Crippen molar-refractivity contribution in [3.8, 4) is 5.75 Å². The second kappa shape index (κ2) is 7.11. The van der Waals surface area contributed by atoms with Crippen molar-refractivity contribution >= 4 is 27.8 Å². The number of aromatic nitrogens is 1. The third kappa shape index (κ3) is 3.77. The molecule has 0 bridgehead atoms. The van der Waals surface area contributed by atoms with Gasteiger partial charge in [0.2, 0.25) is 11.8 Å². The van der Waals surface area contributed by atoms with Crippen molar-refractivity contribution in [2.75, 3.05) is 14.1 Å². The summed E-state index contributed by atoms with van der Waals surface area (Å²) in [6, 6.07) is 19.6. The lowest BCUT2D eigenvalue weighted by Gasteiger charge is -2.11. The maximum absolute atomic E-state index is 11.9. The summed E-state index contributed by atoms with van der Waals surface area (Å²) in [5.74, 6) is 1.39. The zero-order valence-electron chi connectivity index (χ0n) is 15.3. The summed E-state index contributed by atoms with van der Waals surface area (Å²) in [4.78, 5) is 17.9. The Morgan fingerprint density at radius 2 is 1.81 bits per heavy atom. The number of likely N-dealkylation sites (N-methyl/N-ethyl adjacent to an activating group) is 1. The molecule has 0 aliphatic heterocycles. The molecule has 1 heterocycles. The molecular weight excluding hydrogens is 340 g/mol. The Morgan fingerprint density at radius 1 is 1.04 bits per heavy atom. The highest BCUT2D eigenvalue weighted by Gasteiger charge is 2.08. The van der Waals surface area contributed by atoms with Crippen LogP contribution in [0.4, 0.5) is 0 Å². The molecule has 5 heteroatoms. The predicted molar refractivity (Wildman–Crippen MR) is 105 cm³/mol. The molecule has 0 N–H and O–H groups in total. The number of ether oxygens (including phenoxy) is 1. The van der Waals surface area contributed by atoms with Gasteiger partial charge in [-0.1, -0.05) is 36.4 Å². The zero-order chi connectivity index (χ0) is 18.8. The number of rotatable bonds is 5. The molecule has 0 saturated heterocycles. The molecule has 1 aromatic heterocycles. The molecule has 0 radical (unpaired) electrons. The molecule has 136 valence electrons. The molecule has 5 nitrogen and oxygen atoms in total. The van der Waals surface area contributed by atoms with Gasteiger partial charge in [0.1, 0.15) is 11.3 Å². The van der Waals surface area contributed by atoms with Gasteiger partial charge in [-0.15, -0.1) is 0 Å². The van der Waals surface area contributed by atoms with E-state index in [1.165, 1.54) is 0 Å². The van der Waals surface area contributed by atoms with E-state index in [1.807, 2.05) is 60.7 Å². The Kier molecular flexibility index (Phi) is 4.50. The van der Waals surface area contributed by atoms with Crippen molar-refractivity contribution < 1.29 is 13.9 Å². The normalized spacial score (nSPS) is 11.0. The van der Waals surface area contributed by atoms with Crippen LogP contribution in [0.25, 0.3) is 21.9 Å². The van der Waals surface area contributed by atoms with Gasteiger partial charge < -0.3 is 14.1 Å². The molecular formula is C22H20N2O3. The first kappa shape index (κ1) is 17.1. The summed E-state index contributed by atoms with van der Waals surface area (Å²) < 4.78 is 11.5. The highest BCUT2D eigenvalue weighted by atomic mass is 16.5. The van der Waals surface area contributed by atoms with E-state index >= 15 is 0 Å². The summed E-state index contributed by atoms with van der Waals surface area (Å²) >= 11 is 0. The summed E-state index contributed by atoms with van der Waals surface area (Å²) in [6.45, 7) is 0.273. The maximum atomic E-state index is 11.9. The van der Waals surface area contributed by atoms with Crippen molar-refractivity contribution in [3.63, 3.8) is 0 Å². The van der Waals surface area contributed by atoms with E-state index in [0.717, 1.165) is 33.2 Å². The summed E-state index contributed by atoms with van der Waals surface area (Å²) in [7, 11) is 3.54. The lowest BCUT2D eigenvalue weighted by Crippen LogP contribution is -2.23. The van der Waals surface area contributed by atoms with Crippen LogP contribution in [0.2, 0.25) is 0 Å². The molecule has 0 aliphatic rings. The summed E-state index contributed by atoms with van der Waals surface area (Å²) in [5.41, 5.74) is 2.59. The van der Waals surface area contributed by atoms with Crippen LogP contribution < -0.4 is 4.74 Å². The van der Waals surface area contributed by atoms with E-state index in [0.29, 0.717) is 12.3 Å². The minimum atomic E-state index is 0.0904. The van der Waals surface area contributed by atoms with Crippen LogP contribution in [0.5, 0.6) is 5.75 Å². The van der Waals surface area contributed by atoms with E-state index in [1.54, 1.807) is 19.0 Å². The fourth-order valence-corrected chi connectivity index (χ4v) is 2.93. The lowest BCUT2D eigenvalue weighted by atomic mass is 10.0. The van der Waals surface area contributed by atoms with Crippen LogP contribution in [-0.4, -0.2) is 29.9 Å². The molecule has 1 amide bonds. The molecule has 27 heavy (non-hydrogen) atoms. The monoisotopic (exact) mass is 360 g/mol. The van der Waals surface area contributed by atoms with Crippen LogP contribution in [0.3, 0.4) is 0 Å². The van der Waals surface area contributed by atoms with E-state index in [9.17, 15) is 4.79 Å². The molecule has 0 unspecified atom stereocenters. The van der Waals surface area contributed by atoms with Crippen molar-refractivity contribution in [1.29, 1.82) is 0 Å². The number of carbonyl (C=O) groups excluding carboxylic acids is 1. The lowest BCUT2D eigenvalue weighted by molar-refractivity contribution is -0.127. The molecule has 4 aromatic rings. The Balaban J connectivity index is 1.48. The number of para-hydroxylation sites is 2. The highest BCUT2D eigenvalue weighted by Crippen LogP contribution is 2.24. The molecule has 0 atom stereocenters. The Hall–Kier alpha value is -3.34. The van der Waals surface area contributed by atoms with Gasteiger partial charge >= 0.3 is 0 Å². The van der Waals surface area contributed by atoms with E-state index in [2.05, 4.69) is 4.98 Å². The SMILES string of the molecule is CN(C)C(=O)Cc1ccc2cc(OCc3nc4ccccc4o3)ccc2c1. The van der Waals surface area contributed by atoms with Crippen molar-refractivity contribution in [3.05, 3.63) is 72.1 Å². The first-order valence-electron chi connectivity index (χ1n) is 8.78.